The summed E-state index contributed by atoms with van der Waals surface area (Å²) in [6.45, 7) is 4.74. The number of unbranched alkanes of at least 4 members (excludes halogenated alkanes) is 17. The first-order valence-electron chi connectivity index (χ1n) is 22.4. The smallest absolute Gasteiger partial charge is 0.457 e. The number of hydrogen-bond donors (Lipinski definition) is 2. The van der Waals surface area contributed by atoms with Crippen molar-refractivity contribution in [2.45, 2.75) is 187 Å². The number of phosphoric ester groups is 1. The maximum Gasteiger partial charge on any atom is 0.472 e. The number of allylic oxidation sites excluding steroid dienone is 12. The van der Waals surface area contributed by atoms with Crippen LogP contribution in [0.4, 0.5) is 0 Å². The van der Waals surface area contributed by atoms with Gasteiger partial charge < -0.3 is 20.1 Å². The molecule has 0 aliphatic carbocycles. The Labute approximate surface area is 344 Å². The monoisotopic (exact) mass is 806 g/mol. The van der Waals surface area contributed by atoms with Crippen molar-refractivity contribution in [3.8, 4) is 0 Å². The van der Waals surface area contributed by atoms with E-state index in [4.69, 9.17) is 24.3 Å². The Morgan fingerprint density at radius 1 is 0.554 bits per heavy atom. The highest BCUT2D eigenvalue weighted by molar-refractivity contribution is 7.47. The predicted octanol–water partition coefficient (Wildman–Crippen LogP) is 13.5. The van der Waals surface area contributed by atoms with Crippen LogP contribution < -0.4 is 5.73 Å². The van der Waals surface area contributed by atoms with Gasteiger partial charge in [0, 0.05) is 19.6 Å². The lowest BCUT2D eigenvalue weighted by Gasteiger charge is -2.20. The zero-order valence-electron chi connectivity index (χ0n) is 35.8. The number of nitrogens with two attached hydrogens (primary N) is 1. The number of phosphoric acid groups is 1. The molecule has 0 bridgehead atoms. The number of hydrogen-bond acceptors (Lipinski definition) is 7. The number of esters is 1. The zero-order valence-corrected chi connectivity index (χ0v) is 36.7. The molecule has 0 amide bonds. The Morgan fingerprint density at radius 3 is 1.50 bits per heavy atom. The number of ether oxygens (including phenoxy) is 2. The molecule has 0 aromatic carbocycles. The minimum Gasteiger partial charge on any atom is -0.457 e. The summed E-state index contributed by atoms with van der Waals surface area (Å²) < 4.78 is 33.5. The zero-order chi connectivity index (χ0) is 40.9. The Bertz CT molecular complexity index is 1080. The molecule has 0 spiro atoms. The van der Waals surface area contributed by atoms with Crippen molar-refractivity contribution in [2.75, 3.05) is 33.0 Å². The lowest BCUT2D eigenvalue weighted by atomic mass is 10.1. The largest absolute Gasteiger partial charge is 0.472 e. The van der Waals surface area contributed by atoms with Gasteiger partial charge in [0.05, 0.1) is 19.8 Å². The van der Waals surface area contributed by atoms with E-state index in [-0.39, 0.29) is 32.3 Å². The van der Waals surface area contributed by atoms with E-state index in [9.17, 15) is 14.3 Å². The molecular weight excluding hydrogens is 721 g/mol. The molecule has 9 heteroatoms. The molecule has 0 aliphatic rings. The third kappa shape index (κ3) is 43.1. The molecule has 0 saturated carbocycles. The van der Waals surface area contributed by atoms with E-state index in [2.05, 4.69) is 86.8 Å². The fourth-order valence-corrected chi connectivity index (χ4v) is 6.61. The van der Waals surface area contributed by atoms with Gasteiger partial charge in [0.25, 0.3) is 0 Å². The first-order chi connectivity index (χ1) is 27.4. The SMILES string of the molecule is CC/C=C\C/C=C\C/C=C\CCCCCCCCCCOCC(COP(=O)(O)OCCN)OC(=O)CCCCCCCC/C=C\C/C=C\C/C=C\CCCCC. The van der Waals surface area contributed by atoms with Gasteiger partial charge in [-0.3, -0.25) is 13.8 Å². The van der Waals surface area contributed by atoms with Gasteiger partial charge in [0.1, 0.15) is 6.10 Å². The van der Waals surface area contributed by atoms with Gasteiger partial charge in [-0.15, -0.1) is 0 Å². The van der Waals surface area contributed by atoms with Crippen LogP contribution in [0.1, 0.15) is 181 Å². The topological polar surface area (TPSA) is 117 Å². The average Bonchev–Trinajstić information content (AvgIpc) is 3.19. The van der Waals surface area contributed by atoms with Crippen LogP contribution in [0.15, 0.2) is 72.9 Å². The standard InChI is InChI=1S/C47H84NO7P/c1-3-5-7-9-11-13-15-17-19-21-23-24-26-28-30-32-34-36-38-40-47(49)55-46(45-54-56(50,51)53-43-41-48)44-52-42-39-37-35-33-31-29-27-25-22-20-18-16-14-12-10-8-6-4-2/h6,8,11-14,17-20,23-24,46H,3-5,7,9-10,15-16,21-22,25-45,48H2,1-2H3,(H,50,51)/b8-6-,13-11-,14-12-,19-17-,20-18-,24-23-. The molecule has 2 atom stereocenters. The molecule has 3 N–H and O–H groups in total. The lowest BCUT2D eigenvalue weighted by molar-refractivity contribution is -0.154. The molecular formula is C47H84NO7P. The number of rotatable bonds is 42. The second-order valence-corrected chi connectivity index (χ2v) is 16.0. The van der Waals surface area contributed by atoms with Crippen molar-refractivity contribution in [1.29, 1.82) is 0 Å². The van der Waals surface area contributed by atoms with Crippen LogP contribution in [0.3, 0.4) is 0 Å². The molecule has 56 heavy (non-hydrogen) atoms. The molecule has 2 unspecified atom stereocenters. The quantitative estimate of drug-likeness (QED) is 0.0271. The van der Waals surface area contributed by atoms with Crippen molar-refractivity contribution < 1.29 is 32.8 Å². The minimum absolute atomic E-state index is 0.0930. The maximum absolute atomic E-state index is 12.6. The molecule has 0 rings (SSSR count). The van der Waals surface area contributed by atoms with Gasteiger partial charge in [0.2, 0.25) is 0 Å². The Balaban J connectivity index is 4.07. The van der Waals surface area contributed by atoms with Crippen molar-refractivity contribution in [1.82, 2.24) is 0 Å². The molecule has 324 valence electrons. The summed E-state index contributed by atoms with van der Waals surface area (Å²) in [6, 6.07) is 0. The van der Waals surface area contributed by atoms with E-state index in [0.717, 1.165) is 83.5 Å². The highest BCUT2D eigenvalue weighted by Gasteiger charge is 2.25. The first kappa shape index (κ1) is 53.9. The van der Waals surface area contributed by atoms with E-state index >= 15 is 0 Å². The van der Waals surface area contributed by atoms with E-state index in [1.807, 2.05) is 0 Å². The summed E-state index contributed by atoms with van der Waals surface area (Å²) in [5, 5.41) is 0. The van der Waals surface area contributed by atoms with Crippen molar-refractivity contribution in [3.63, 3.8) is 0 Å². The van der Waals surface area contributed by atoms with Crippen LogP contribution in [-0.2, 0) is 27.9 Å². The van der Waals surface area contributed by atoms with Crippen LogP contribution in [0.25, 0.3) is 0 Å². The van der Waals surface area contributed by atoms with E-state index < -0.39 is 13.9 Å². The molecule has 0 aliphatic heterocycles. The van der Waals surface area contributed by atoms with Crippen molar-refractivity contribution >= 4 is 13.8 Å². The molecule has 0 saturated heterocycles. The third-order valence-electron chi connectivity index (χ3n) is 9.11. The Morgan fingerprint density at radius 2 is 1.00 bits per heavy atom. The van der Waals surface area contributed by atoms with E-state index in [1.54, 1.807) is 0 Å². The molecule has 8 nitrogen and oxygen atoms in total. The van der Waals surface area contributed by atoms with Gasteiger partial charge in [-0.2, -0.15) is 0 Å². The summed E-state index contributed by atoms with van der Waals surface area (Å²) in [5.41, 5.74) is 5.37. The number of carbonyl (C=O) groups excluding carboxylic acids is 1. The van der Waals surface area contributed by atoms with Crippen LogP contribution in [0, 0.1) is 0 Å². The normalized spacial score (nSPS) is 14.1. The van der Waals surface area contributed by atoms with Gasteiger partial charge in [-0.1, -0.05) is 164 Å². The first-order valence-corrected chi connectivity index (χ1v) is 23.9. The van der Waals surface area contributed by atoms with Gasteiger partial charge >= 0.3 is 13.8 Å². The average molecular weight is 806 g/mol. The van der Waals surface area contributed by atoms with Crippen LogP contribution in [-0.4, -0.2) is 49.9 Å². The van der Waals surface area contributed by atoms with Gasteiger partial charge in [-0.05, 0) is 83.5 Å². The number of carbonyl (C=O) groups is 1. The van der Waals surface area contributed by atoms with Crippen LogP contribution in [0.2, 0.25) is 0 Å². The summed E-state index contributed by atoms with van der Waals surface area (Å²) in [4.78, 5) is 22.5. The second kappa shape index (κ2) is 44.1. The van der Waals surface area contributed by atoms with Crippen molar-refractivity contribution in [2.24, 2.45) is 5.73 Å². The molecule has 0 aromatic heterocycles. The van der Waals surface area contributed by atoms with Crippen LogP contribution >= 0.6 is 7.82 Å². The van der Waals surface area contributed by atoms with Gasteiger partial charge in [-0.25, -0.2) is 4.57 Å². The lowest BCUT2D eigenvalue weighted by Crippen LogP contribution is -2.28. The predicted molar refractivity (Wildman–Crippen MR) is 238 cm³/mol. The second-order valence-electron chi connectivity index (χ2n) is 14.5. The summed E-state index contributed by atoms with van der Waals surface area (Å²) >= 11 is 0. The highest BCUT2D eigenvalue weighted by atomic mass is 31.2. The van der Waals surface area contributed by atoms with E-state index in [1.165, 1.54) is 77.0 Å². The molecule has 0 aromatic rings. The molecule has 0 heterocycles. The Kier molecular flexibility index (Phi) is 42.4. The highest BCUT2D eigenvalue weighted by Crippen LogP contribution is 2.43. The van der Waals surface area contributed by atoms with Crippen molar-refractivity contribution in [3.05, 3.63) is 72.9 Å². The summed E-state index contributed by atoms with van der Waals surface area (Å²) in [5.74, 6) is -0.348. The Hall–Kier alpha value is -2.06. The summed E-state index contributed by atoms with van der Waals surface area (Å²) in [7, 11) is -4.29. The van der Waals surface area contributed by atoms with Crippen LogP contribution in [0.5, 0.6) is 0 Å². The van der Waals surface area contributed by atoms with E-state index in [0.29, 0.717) is 13.0 Å². The maximum atomic E-state index is 12.6. The fraction of sp³-hybridized carbons (Fsp3) is 0.723. The third-order valence-corrected chi connectivity index (χ3v) is 10.1. The summed E-state index contributed by atoms with van der Waals surface area (Å²) in [6.07, 6.45) is 54.9. The fourth-order valence-electron chi connectivity index (χ4n) is 5.84. The minimum atomic E-state index is -4.29. The molecule has 0 fully saturated rings. The molecule has 0 radical (unpaired) electrons. The van der Waals surface area contributed by atoms with Gasteiger partial charge in [0.15, 0.2) is 0 Å².